The van der Waals surface area contributed by atoms with Gasteiger partial charge in [0.25, 0.3) is 0 Å². The van der Waals surface area contributed by atoms with Gasteiger partial charge in [0.15, 0.2) is 0 Å². The number of halogens is 1. The average Bonchev–Trinajstić information content (AvgIpc) is 3.07. The molecule has 0 atom stereocenters. The van der Waals surface area contributed by atoms with Gasteiger partial charge in [-0.25, -0.2) is 18.6 Å². The first kappa shape index (κ1) is 20.3. The molecule has 138 valence electrons. The third kappa shape index (κ3) is 5.23. The number of nitrogens with zero attached hydrogens (tertiary/aromatic N) is 1. The molecule has 1 aromatic carbocycles. The first-order valence-electron chi connectivity index (χ1n) is 8.35. The van der Waals surface area contributed by atoms with Crippen molar-refractivity contribution < 1.29 is 33.4 Å². The van der Waals surface area contributed by atoms with Gasteiger partial charge < -0.3 is 0 Å². The fourth-order valence-electron chi connectivity index (χ4n) is 3.24. The Morgan fingerprint density at radius 2 is 1.48 bits per heavy atom. The molecule has 0 N–H and O–H groups in total. The molecule has 1 aliphatic rings. The number of aromatic nitrogens is 1. The number of thiazole rings is 1. The summed E-state index contributed by atoms with van der Waals surface area (Å²) in [6, 6.07) is 6.83. The molecule has 7 heteroatoms. The minimum atomic E-state index is -4.94. The van der Waals surface area contributed by atoms with Gasteiger partial charge in [0.2, 0.25) is 16.9 Å². The van der Waals surface area contributed by atoms with Crippen LogP contribution in [0.25, 0.3) is 5.69 Å². The third-order valence-corrected chi connectivity index (χ3v) is 5.35. The minimum Gasteiger partial charge on any atom is -0.222 e. The molecule has 0 fully saturated rings. The zero-order valence-corrected chi connectivity index (χ0v) is 16.5. The minimum absolute atomic E-state index is 0.563. The van der Waals surface area contributed by atoms with E-state index in [1.165, 1.54) is 36.1 Å². The molecule has 1 aromatic heterocycles. The Kier molecular flexibility index (Phi) is 6.59. The summed E-state index contributed by atoms with van der Waals surface area (Å²) in [6.07, 6.45) is 3.83. The van der Waals surface area contributed by atoms with Crippen LogP contribution in [-0.4, -0.2) is 0 Å². The lowest BCUT2D eigenvalue weighted by molar-refractivity contribution is -2.00. The lowest BCUT2D eigenvalue weighted by Crippen LogP contribution is -2.68. The molecule has 2 aromatic rings. The monoisotopic (exact) mass is 385 g/mol. The smallest absolute Gasteiger partial charge is 0.222 e. The molecule has 0 unspecified atom stereocenters. The summed E-state index contributed by atoms with van der Waals surface area (Å²) >= 11 is 1.94. The van der Waals surface area contributed by atoms with Crippen molar-refractivity contribution in [1.82, 2.24) is 0 Å². The average molecular weight is 386 g/mol. The van der Waals surface area contributed by atoms with Crippen LogP contribution < -0.4 is 23.2 Å². The van der Waals surface area contributed by atoms with E-state index in [1.54, 1.807) is 10.6 Å². The highest BCUT2D eigenvalue weighted by atomic mass is 35.7. The normalized spacial score (nSPS) is 13.8. The second kappa shape index (κ2) is 8.12. The number of benzene rings is 1. The summed E-state index contributed by atoms with van der Waals surface area (Å²) in [5, 5.41) is 0. The van der Waals surface area contributed by atoms with E-state index in [-0.39, 0.29) is 0 Å². The van der Waals surface area contributed by atoms with Crippen molar-refractivity contribution in [2.45, 2.75) is 58.8 Å². The van der Waals surface area contributed by atoms with E-state index in [2.05, 4.69) is 56.0 Å². The van der Waals surface area contributed by atoms with Gasteiger partial charge in [-0.05, 0) is 24.7 Å². The van der Waals surface area contributed by atoms with Gasteiger partial charge in [-0.3, -0.25) is 0 Å². The number of para-hydroxylation sites is 1. The van der Waals surface area contributed by atoms with Crippen molar-refractivity contribution in [2.24, 2.45) is 0 Å². The summed E-state index contributed by atoms with van der Waals surface area (Å²) in [6.45, 7) is 9.21. The lowest BCUT2D eigenvalue weighted by atomic mass is 9.92. The molecule has 5 nitrogen and oxygen atoms in total. The standard InChI is InChI=1S/C18H24NS.ClHO4/c1-12(2)14-7-5-8-15(13(3)4)18(14)19-11-20-17-10-6-9-16(17)19;2-1(3,4)5/h5,7-8,11-13H,6,9-10H2,1-4H3;(H,2,3,4,5)/q+1;/p-1. The molecule has 25 heavy (non-hydrogen) atoms. The first-order chi connectivity index (χ1) is 11.6. The van der Waals surface area contributed by atoms with E-state index in [0.29, 0.717) is 11.8 Å². The zero-order chi connectivity index (χ0) is 18.8. The van der Waals surface area contributed by atoms with Gasteiger partial charge in [-0.2, -0.15) is 4.57 Å². The quantitative estimate of drug-likeness (QED) is 0.695. The highest BCUT2D eigenvalue weighted by Gasteiger charge is 2.30. The van der Waals surface area contributed by atoms with Crippen molar-refractivity contribution in [3.05, 3.63) is 45.4 Å². The second-order valence-electron chi connectivity index (χ2n) is 6.79. The van der Waals surface area contributed by atoms with Crippen LogP contribution in [0.5, 0.6) is 0 Å². The van der Waals surface area contributed by atoms with Crippen LogP contribution in [0.15, 0.2) is 23.7 Å². The fourth-order valence-corrected chi connectivity index (χ4v) is 4.30. The molecule has 3 rings (SSSR count). The van der Waals surface area contributed by atoms with Gasteiger partial charge in [-0.15, -0.1) is 10.2 Å². The second-order valence-corrected chi connectivity index (χ2v) is 8.48. The van der Waals surface area contributed by atoms with Gasteiger partial charge in [0.1, 0.15) is 0 Å². The van der Waals surface area contributed by atoms with Crippen LogP contribution in [0.2, 0.25) is 0 Å². The van der Waals surface area contributed by atoms with Crippen molar-refractivity contribution in [1.29, 1.82) is 0 Å². The topological polar surface area (TPSA) is 96.1 Å². The van der Waals surface area contributed by atoms with Gasteiger partial charge in [0, 0.05) is 17.5 Å². The molecule has 0 aliphatic heterocycles. The van der Waals surface area contributed by atoms with Crippen molar-refractivity contribution >= 4 is 11.3 Å². The Bertz CT molecular complexity index is 690. The van der Waals surface area contributed by atoms with Crippen molar-refractivity contribution in [2.75, 3.05) is 0 Å². The molecule has 0 spiro atoms. The van der Waals surface area contributed by atoms with Crippen LogP contribution >= 0.6 is 11.3 Å². The lowest BCUT2D eigenvalue weighted by Gasteiger charge is -2.17. The van der Waals surface area contributed by atoms with Crippen LogP contribution in [-0.2, 0) is 12.8 Å². The molecule has 1 heterocycles. The molecule has 0 amide bonds. The Morgan fingerprint density at radius 3 is 1.96 bits per heavy atom. The fraction of sp³-hybridized carbons (Fsp3) is 0.500. The first-order valence-corrected chi connectivity index (χ1v) is 10.5. The molecular weight excluding hydrogens is 362 g/mol. The number of hydrogen-bond acceptors (Lipinski definition) is 5. The van der Waals surface area contributed by atoms with Crippen LogP contribution in [0.1, 0.15) is 67.6 Å². The number of fused-ring (bicyclic) bond motifs is 1. The maximum Gasteiger partial charge on any atom is 0.231 e. The van der Waals surface area contributed by atoms with Crippen LogP contribution in [0, 0.1) is 10.2 Å². The summed E-state index contributed by atoms with van der Waals surface area (Å²) in [4.78, 5) is 1.60. The van der Waals surface area contributed by atoms with Crippen molar-refractivity contribution in [3.63, 3.8) is 0 Å². The highest BCUT2D eigenvalue weighted by molar-refractivity contribution is 7.09. The summed E-state index contributed by atoms with van der Waals surface area (Å²) in [5.41, 5.74) is 8.31. The van der Waals surface area contributed by atoms with E-state index in [4.69, 9.17) is 18.6 Å². The predicted octanol–water partition coefficient (Wildman–Crippen LogP) is 0.00430. The maximum atomic E-state index is 8.49. The summed E-state index contributed by atoms with van der Waals surface area (Å²) in [7, 11) is -4.94. The van der Waals surface area contributed by atoms with E-state index in [1.807, 2.05) is 11.3 Å². The van der Waals surface area contributed by atoms with E-state index in [9.17, 15) is 0 Å². The molecule has 0 radical (unpaired) electrons. The molecule has 0 bridgehead atoms. The largest absolute Gasteiger partial charge is 0.231 e. The van der Waals surface area contributed by atoms with E-state index < -0.39 is 10.2 Å². The Labute approximate surface area is 154 Å². The number of hydrogen-bond donors (Lipinski definition) is 0. The Morgan fingerprint density at radius 1 is 0.960 bits per heavy atom. The van der Waals surface area contributed by atoms with Crippen LogP contribution in [0.3, 0.4) is 0 Å². The number of rotatable bonds is 3. The maximum absolute atomic E-state index is 8.49. The van der Waals surface area contributed by atoms with E-state index in [0.717, 1.165) is 0 Å². The number of aryl methyl sites for hydroxylation is 1. The zero-order valence-electron chi connectivity index (χ0n) is 15.0. The van der Waals surface area contributed by atoms with Gasteiger partial charge in [0.05, 0.1) is 4.88 Å². The highest BCUT2D eigenvalue weighted by Crippen LogP contribution is 2.31. The SMILES string of the molecule is CC(C)c1cccc(C(C)C)c1-[n+]1csc2c1CCC2.[O-][Cl+3]([O-])([O-])[O-]. The van der Waals surface area contributed by atoms with E-state index >= 15 is 0 Å². The molecule has 0 saturated carbocycles. The molecular formula is C18H24ClNO4S. The molecule has 0 saturated heterocycles. The van der Waals surface area contributed by atoms with Gasteiger partial charge in [-0.1, -0.05) is 57.2 Å². The Balaban J connectivity index is 0.000000399. The molecule has 1 aliphatic carbocycles. The summed E-state index contributed by atoms with van der Waals surface area (Å²) in [5.74, 6) is 1.13. The third-order valence-electron chi connectivity index (χ3n) is 4.31. The van der Waals surface area contributed by atoms with Gasteiger partial charge >= 0.3 is 0 Å². The predicted molar refractivity (Wildman–Crippen MR) is 86.1 cm³/mol. The van der Waals surface area contributed by atoms with Crippen molar-refractivity contribution in [3.8, 4) is 5.69 Å². The Hall–Kier alpha value is -1.02. The van der Waals surface area contributed by atoms with Crippen LogP contribution in [0.4, 0.5) is 0 Å². The summed E-state index contributed by atoms with van der Waals surface area (Å²) < 4.78 is 36.5.